The number of rotatable bonds is 5. The van der Waals surface area contributed by atoms with E-state index in [9.17, 15) is 18.4 Å². The molecule has 1 N–H and O–H groups in total. The summed E-state index contributed by atoms with van der Waals surface area (Å²) in [6.45, 7) is 2.05. The zero-order valence-corrected chi connectivity index (χ0v) is 17.6. The Balaban J connectivity index is 1.52. The van der Waals surface area contributed by atoms with E-state index >= 15 is 0 Å². The summed E-state index contributed by atoms with van der Waals surface area (Å²) >= 11 is 1.34. The van der Waals surface area contributed by atoms with Gasteiger partial charge in [-0.3, -0.25) is 14.5 Å². The van der Waals surface area contributed by atoms with Gasteiger partial charge in [0.2, 0.25) is 5.91 Å². The molecule has 0 bridgehead atoms. The smallest absolute Gasteiger partial charge is 0.255 e. The molecule has 1 heterocycles. The highest BCUT2D eigenvalue weighted by molar-refractivity contribution is 8.00. The normalized spacial score (nSPS) is 15.9. The minimum Gasteiger partial charge on any atom is -0.322 e. The summed E-state index contributed by atoms with van der Waals surface area (Å²) in [5.74, 6) is -1.59. The SMILES string of the molecule is CCc1ccc(C(=O)Nc2ccc([C@H]3SCC(=O)N3c3cc(F)ccc3F)cc2)cc1. The summed E-state index contributed by atoms with van der Waals surface area (Å²) in [6.07, 6.45) is 0.904. The molecular weight excluding hydrogens is 418 g/mol. The number of hydrogen-bond acceptors (Lipinski definition) is 3. The number of carbonyl (C=O) groups is 2. The van der Waals surface area contributed by atoms with Gasteiger partial charge in [0.1, 0.15) is 17.0 Å². The van der Waals surface area contributed by atoms with Crippen LogP contribution >= 0.6 is 11.8 Å². The molecule has 1 atom stereocenters. The summed E-state index contributed by atoms with van der Waals surface area (Å²) in [4.78, 5) is 26.1. The van der Waals surface area contributed by atoms with Crippen molar-refractivity contribution in [3.05, 3.63) is 95.1 Å². The van der Waals surface area contributed by atoms with E-state index in [0.717, 1.165) is 35.7 Å². The highest BCUT2D eigenvalue weighted by Crippen LogP contribution is 2.42. The monoisotopic (exact) mass is 438 g/mol. The molecule has 0 saturated carbocycles. The third kappa shape index (κ3) is 4.46. The third-order valence-electron chi connectivity index (χ3n) is 5.11. The number of nitrogens with zero attached hydrogens (tertiary/aromatic N) is 1. The van der Waals surface area contributed by atoms with E-state index in [-0.39, 0.29) is 23.3 Å². The van der Waals surface area contributed by atoms with Gasteiger partial charge in [-0.05, 0) is 53.9 Å². The van der Waals surface area contributed by atoms with Gasteiger partial charge in [0, 0.05) is 17.3 Å². The van der Waals surface area contributed by atoms with Crippen LogP contribution in [0.1, 0.15) is 33.8 Å². The number of halogens is 2. The molecule has 158 valence electrons. The molecule has 4 rings (SSSR count). The first-order valence-corrected chi connectivity index (χ1v) is 10.9. The zero-order chi connectivity index (χ0) is 22.0. The lowest BCUT2D eigenvalue weighted by Crippen LogP contribution is -2.28. The average molecular weight is 438 g/mol. The van der Waals surface area contributed by atoms with E-state index in [4.69, 9.17) is 0 Å². The van der Waals surface area contributed by atoms with Gasteiger partial charge >= 0.3 is 0 Å². The van der Waals surface area contributed by atoms with Crippen LogP contribution in [0, 0.1) is 11.6 Å². The summed E-state index contributed by atoms with van der Waals surface area (Å²) in [6, 6.07) is 17.5. The number of nitrogens with one attached hydrogen (secondary N) is 1. The number of hydrogen-bond donors (Lipinski definition) is 1. The molecule has 0 aromatic heterocycles. The lowest BCUT2D eigenvalue weighted by atomic mass is 10.1. The predicted octanol–water partition coefficient (Wildman–Crippen LogP) is 5.56. The van der Waals surface area contributed by atoms with Gasteiger partial charge in [-0.1, -0.05) is 31.2 Å². The Morgan fingerprint density at radius 2 is 1.77 bits per heavy atom. The van der Waals surface area contributed by atoms with E-state index in [2.05, 4.69) is 12.2 Å². The second-order valence-corrected chi connectivity index (χ2v) is 8.22. The Bertz CT molecular complexity index is 1120. The first-order chi connectivity index (χ1) is 15.0. The van der Waals surface area contributed by atoms with Crippen molar-refractivity contribution in [1.29, 1.82) is 0 Å². The van der Waals surface area contributed by atoms with Crippen molar-refractivity contribution in [2.75, 3.05) is 16.0 Å². The maximum absolute atomic E-state index is 14.3. The summed E-state index contributed by atoms with van der Waals surface area (Å²) in [7, 11) is 0. The van der Waals surface area contributed by atoms with Gasteiger partial charge in [0.15, 0.2) is 0 Å². The molecule has 1 saturated heterocycles. The van der Waals surface area contributed by atoms with E-state index in [1.807, 2.05) is 12.1 Å². The van der Waals surface area contributed by atoms with Crippen molar-refractivity contribution in [2.45, 2.75) is 18.7 Å². The van der Waals surface area contributed by atoms with E-state index in [1.165, 1.54) is 16.7 Å². The molecule has 0 spiro atoms. The van der Waals surface area contributed by atoms with Gasteiger partial charge in [0.05, 0.1) is 11.4 Å². The first kappa shape index (κ1) is 21.1. The van der Waals surface area contributed by atoms with Gasteiger partial charge in [-0.15, -0.1) is 11.8 Å². The summed E-state index contributed by atoms with van der Waals surface area (Å²) in [5.41, 5.74) is 3.00. The molecule has 1 fully saturated rings. The minimum absolute atomic E-state index is 0.0760. The summed E-state index contributed by atoms with van der Waals surface area (Å²) in [5, 5.41) is 2.37. The Morgan fingerprint density at radius 3 is 2.45 bits per heavy atom. The Morgan fingerprint density at radius 1 is 1.06 bits per heavy atom. The van der Waals surface area contributed by atoms with Crippen LogP contribution in [0.15, 0.2) is 66.7 Å². The van der Waals surface area contributed by atoms with Crippen LogP contribution in [-0.4, -0.2) is 17.6 Å². The number of benzene rings is 3. The van der Waals surface area contributed by atoms with E-state index in [1.54, 1.807) is 36.4 Å². The van der Waals surface area contributed by atoms with Crippen LogP contribution in [0.25, 0.3) is 0 Å². The standard InChI is InChI=1S/C24H20F2N2O2S/c1-2-15-3-5-16(6-4-15)23(30)27-19-10-7-17(8-11-19)24-28(22(29)14-31-24)21-13-18(25)9-12-20(21)26/h3-13,24H,2,14H2,1H3,(H,27,30)/t24-/m1/s1. The highest BCUT2D eigenvalue weighted by atomic mass is 32.2. The molecule has 0 unspecified atom stereocenters. The number of anilines is 2. The molecule has 4 nitrogen and oxygen atoms in total. The van der Waals surface area contributed by atoms with E-state index in [0.29, 0.717) is 11.3 Å². The Kier molecular flexibility index (Phi) is 6.04. The predicted molar refractivity (Wildman–Crippen MR) is 119 cm³/mol. The van der Waals surface area contributed by atoms with Crippen LogP contribution in [0.2, 0.25) is 0 Å². The quantitative estimate of drug-likeness (QED) is 0.568. The topological polar surface area (TPSA) is 49.4 Å². The van der Waals surface area contributed by atoms with Crippen LogP contribution in [0.3, 0.4) is 0 Å². The second-order valence-electron chi connectivity index (χ2n) is 7.15. The molecule has 2 amide bonds. The van der Waals surface area contributed by atoms with Gasteiger partial charge in [-0.2, -0.15) is 0 Å². The van der Waals surface area contributed by atoms with Gasteiger partial charge in [-0.25, -0.2) is 8.78 Å². The zero-order valence-electron chi connectivity index (χ0n) is 16.8. The molecule has 0 radical (unpaired) electrons. The molecule has 31 heavy (non-hydrogen) atoms. The fourth-order valence-corrected chi connectivity index (χ4v) is 4.60. The van der Waals surface area contributed by atoms with Crippen molar-refractivity contribution >= 4 is 35.0 Å². The fourth-order valence-electron chi connectivity index (χ4n) is 3.43. The number of thioether (sulfide) groups is 1. The molecule has 3 aromatic carbocycles. The molecule has 1 aliphatic rings. The first-order valence-electron chi connectivity index (χ1n) is 9.85. The van der Waals surface area contributed by atoms with Crippen molar-refractivity contribution in [1.82, 2.24) is 0 Å². The van der Waals surface area contributed by atoms with E-state index < -0.39 is 17.0 Å². The van der Waals surface area contributed by atoms with Crippen LogP contribution < -0.4 is 10.2 Å². The summed E-state index contributed by atoms with van der Waals surface area (Å²) < 4.78 is 27.9. The minimum atomic E-state index is -0.653. The van der Waals surface area contributed by atoms with Gasteiger partial charge < -0.3 is 5.32 Å². The number of carbonyl (C=O) groups excluding carboxylic acids is 2. The van der Waals surface area contributed by atoms with Crippen molar-refractivity contribution in [3.63, 3.8) is 0 Å². The van der Waals surface area contributed by atoms with Crippen molar-refractivity contribution in [3.8, 4) is 0 Å². The average Bonchev–Trinajstić information content (AvgIpc) is 3.17. The molecule has 3 aromatic rings. The van der Waals surface area contributed by atoms with Gasteiger partial charge in [0.25, 0.3) is 5.91 Å². The van der Waals surface area contributed by atoms with Crippen LogP contribution in [-0.2, 0) is 11.2 Å². The maximum atomic E-state index is 14.3. The molecule has 1 aliphatic heterocycles. The Hall–Kier alpha value is -3.19. The fraction of sp³-hybridized carbons (Fsp3) is 0.167. The van der Waals surface area contributed by atoms with Crippen molar-refractivity contribution < 1.29 is 18.4 Å². The van der Waals surface area contributed by atoms with Crippen molar-refractivity contribution in [2.24, 2.45) is 0 Å². The molecule has 7 heteroatoms. The lowest BCUT2D eigenvalue weighted by molar-refractivity contribution is -0.115. The van der Waals surface area contributed by atoms with Crippen LogP contribution in [0.5, 0.6) is 0 Å². The van der Waals surface area contributed by atoms with Crippen LogP contribution in [0.4, 0.5) is 20.2 Å². The Labute approximate surface area is 183 Å². The maximum Gasteiger partial charge on any atom is 0.255 e. The molecular formula is C24H20F2N2O2S. The second kappa shape index (κ2) is 8.89. The molecule has 0 aliphatic carbocycles. The number of amides is 2. The highest BCUT2D eigenvalue weighted by Gasteiger charge is 2.35. The largest absolute Gasteiger partial charge is 0.322 e. The lowest BCUT2D eigenvalue weighted by Gasteiger charge is -2.25. The number of aryl methyl sites for hydroxylation is 1. The third-order valence-corrected chi connectivity index (χ3v) is 6.33.